The zero-order valence-electron chi connectivity index (χ0n) is 11.5. The molecule has 1 unspecified atom stereocenters. The van der Waals surface area contributed by atoms with E-state index in [1.54, 1.807) is 6.07 Å². The summed E-state index contributed by atoms with van der Waals surface area (Å²) in [5.41, 5.74) is 6.10. The fourth-order valence-corrected chi connectivity index (χ4v) is 2.57. The Bertz CT molecular complexity index is 480. The molecular formula is C13H18BBrFNO2. The van der Waals surface area contributed by atoms with Gasteiger partial charge in [0.1, 0.15) is 5.82 Å². The molecule has 1 fully saturated rings. The first-order valence-electron chi connectivity index (χ1n) is 6.20. The Hall–Kier alpha value is -0.425. The van der Waals surface area contributed by atoms with Gasteiger partial charge in [-0.15, -0.1) is 0 Å². The highest BCUT2D eigenvalue weighted by Crippen LogP contribution is 2.40. The number of hydrogen-bond donors (Lipinski definition) is 1. The Kier molecular flexibility index (Phi) is 3.82. The van der Waals surface area contributed by atoms with Gasteiger partial charge in [0.05, 0.1) is 17.1 Å². The highest BCUT2D eigenvalue weighted by molar-refractivity contribution is 9.10. The predicted octanol–water partition coefficient (Wildman–Crippen LogP) is 3.22. The van der Waals surface area contributed by atoms with E-state index in [0.29, 0.717) is 4.47 Å². The molecule has 1 saturated heterocycles. The van der Waals surface area contributed by atoms with E-state index in [9.17, 15) is 4.39 Å². The summed E-state index contributed by atoms with van der Waals surface area (Å²) in [5.74, 6) is -0.784. The first kappa shape index (κ1) is 15.0. The van der Waals surface area contributed by atoms with Crippen LogP contribution in [-0.2, 0) is 9.31 Å². The monoisotopic (exact) mass is 329 g/mol. The van der Waals surface area contributed by atoms with Gasteiger partial charge in [0, 0.05) is 4.47 Å². The largest absolute Gasteiger partial charge is 0.480 e. The van der Waals surface area contributed by atoms with Crippen molar-refractivity contribution in [2.45, 2.75) is 44.8 Å². The van der Waals surface area contributed by atoms with Crippen LogP contribution in [0, 0.1) is 5.82 Å². The van der Waals surface area contributed by atoms with E-state index in [4.69, 9.17) is 15.0 Å². The van der Waals surface area contributed by atoms with E-state index in [1.807, 2.05) is 27.7 Å². The van der Waals surface area contributed by atoms with Crippen molar-refractivity contribution in [3.63, 3.8) is 0 Å². The number of benzene rings is 1. The maximum atomic E-state index is 13.1. The average Bonchev–Trinajstić information content (AvgIpc) is 2.47. The van der Waals surface area contributed by atoms with Crippen molar-refractivity contribution in [1.82, 2.24) is 0 Å². The summed E-state index contributed by atoms with van der Waals surface area (Å²) in [6, 6.07) is 4.42. The molecular weight excluding hydrogens is 312 g/mol. The van der Waals surface area contributed by atoms with Gasteiger partial charge in [-0.2, -0.15) is 0 Å². The van der Waals surface area contributed by atoms with Crippen LogP contribution < -0.4 is 5.73 Å². The molecule has 1 heterocycles. The molecule has 0 aliphatic carbocycles. The summed E-state index contributed by atoms with van der Waals surface area (Å²) < 4.78 is 25.5. The summed E-state index contributed by atoms with van der Waals surface area (Å²) in [5, 5.41) is 0. The quantitative estimate of drug-likeness (QED) is 0.847. The fourth-order valence-electron chi connectivity index (χ4n) is 1.95. The molecule has 0 bridgehead atoms. The highest BCUT2D eigenvalue weighted by Gasteiger charge is 2.53. The van der Waals surface area contributed by atoms with Crippen molar-refractivity contribution < 1.29 is 13.7 Å². The predicted molar refractivity (Wildman–Crippen MR) is 77.1 cm³/mol. The smallest absolute Gasteiger partial charge is 0.402 e. The zero-order valence-corrected chi connectivity index (χ0v) is 13.1. The molecule has 6 heteroatoms. The van der Waals surface area contributed by atoms with Gasteiger partial charge in [-0.25, -0.2) is 4.39 Å². The molecule has 3 nitrogen and oxygen atoms in total. The van der Waals surface area contributed by atoms with Gasteiger partial charge >= 0.3 is 7.12 Å². The number of halogens is 2. The third kappa shape index (κ3) is 2.72. The van der Waals surface area contributed by atoms with E-state index < -0.39 is 24.3 Å². The molecule has 1 aliphatic rings. The van der Waals surface area contributed by atoms with Crippen LogP contribution in [0.4, 0.5) is 4.39 Å². The molecule has 104 valence electrons. The molecule has 2 rings (SSSR count). The minimum atomic E-state index is -0.549. The van der Waals surface area contributed by atoms with Crippen molar-refractivity contribution in [2.75, 3.05) is 0 Å². The molecule has 19 heavy (non-hydrogen) atoms. The lowest BCUT2D eigenvalue weighted by Gasteiger charge is -2.32. The SMILES string of the molecule is CC1(C)OB(C(N)c2ccc(F)cc2Br)OC1(C)C. The van der Waals surface area contributed by atoms with E-state index >= 15 is 0 Å². The van der Waals surface area contributed by atoms with E-state index in [1.165, 1.54) is 12.1 Å². The van der Waals surface area contributed by atoms with Gasteiger partial charge in [0.2, 0.25) is 0 Å². The lowest BCUT2D eigenvalue weighted by molar-refractivity contribution is 0.00578. The molecule has 0 amide bonds. The molecule has 0 aromatic heterocycles. The van der Waals surface area contributed by atoms with E-state index in [2.05, 4.69) is 15.9 Å². The van der Waals surface area contributed by atoms with Crippen LogP contribution >= 0.6 is 15.9 Å². The first-order valence-corrected chi connectivity index (χ1v) is 6.99. The number of rotatable bonds is 2. The Morgan fingerprint density at radius 3 is 2.21 bits per heavy atom. The lowest BCUT2D eigenvalue weighted by atomic mass is 9.75. The van der Waals surface area contributed by atoms with Gasteiger partial charge in [-0.05, 0) is 45.4 Å². The first-order chi connectivity index (χ1) is 8.64. The Labute approximate surface area is 121 Å². The van der Waals surface area contributed by atoms with Crippen LogP contribution in [-0.4, -0.2) is 18.3 Å². The van der Waals surface area contributed by atoms with Crippen molar-refractivity contribution in [3.8, 4) is 0 Å². The zero-order chi connectivity index (χ0) is 14.4. The van der Waals surface area contributed by atoms with Crippen molar-refractivity contribution in [3.05, 3.63) is 34.1 Å². The Morgan fingerprint density at radius 2 is 1.74 bits per heavy atom. The van der Waals surface area contributed by atoms with E-state index in [0.717, 1.165) is 5.56 Å². The molecule has 0 saturated carbocycles. The van der Waals surface area contributed by atoms with Crippen LogP contribution in [0.15, 0.2) is 22.7 Å². The second-order valence-corrected chi connectivity index (χ2v) is 6.67. The molecule has 1 aromatic rings. The molecule has 0 radical (unpaired) electrons. The van der Waals surface area contributed by atoms with Crippen LogP contribution in [0.3, 0.4) is 0 Å². The summed E-state index contributed by atoms with van der Waals surface area (Å²) in [4.78, 5) is 0. The van der Waals surface area contributed by atoms with Crippen molar-refractivity contribution >= 4 is 23.0 Å². The van der Waals surface area contributed by atoms with Crippen LogP contribution in [0.5, 0.6) is 0 Å². The van der Waals surface area contributed by atoms with Crippen LogP contribution in [0.1, 0.15) is 39.2 Å². The second kappa shape index (κ2) is 4.84. The fraction of sp³-hybridized carbons (Fsp3) is 0.538. The summed E-state index contributed by atoms with van der Waals surface area (Å²) in [6.07, 6.45) is 0. The molecule has 0 spiro atoms. The van der Waals surface area contributed by atoms with Gasteiger partial charge in [-0.1, -0.05) is 22.0 Å². The number of nitrogens with two attached hydrogens (primary N) is 1. The highest BCUT2D eigenvalue weighted by atomic mass is 79.9. The number of hydrogen-bond acceptors (Lipinski definition) is 3. The Morgan fingerprint density at radius 1 is 1.21 bits per heavy atom. The molecule has 1 aromatic carbocycles. The Balaban J connectivity index is 2.24. The average molecular weight is 330 g/mol. The maximum Gasteiger partial charge on any atom is 0.480 e. The van der Waals surface area contributed by atoms with E-state index in [-0.39, 0.29) is 5.82 Å². The maximum absolute atomic E-state index is 13.1. The lowest BCUT2D eigenvalue weighted by Crippen LogP contribution is -2.41. The van der Waals surface area contributed by atoms with Crippen molar-refractivity contribution in [2.24, 2.45) is 5.73 Å². The van der Waals surface area contributed by atoms with Crippen molar-refractivity contribution in [1.29, 1.82) is 0 Å². The third-order valence-electron chi connectivity index (χ3n) is 3.89. The van der Waals surface area contributed by atoms with Gasteiger partial charge in [-0.3, -0.25) is 0 Å². The van der Waals surface area contributed by atoms with Gasteiger partial charge in [0.25, 0.3) is 0 Å². The minimum Gasteiger partial charge on any atom is -0.402 e. The minimum absolute atomic E-state index is 0.309. The topological polar surface area (TPSA) is 44.5 Å². The second-order valence-electron chi connectivity index (χ2n) is 5.82. The van der Waals surface area contributed by atoms with Crippen LogP contribution in [0.25, 0.3) is 0 Å². The van der Waals surface area contributed by atoms with Gasteiger partial charge in [0.15, 0.2) is 0 Å². The molecule has 2 N–H and O–H groups in total. The standard InChI is InChI=1S/C13H18BBrFNO2/c1-12(2)13(3,4)19-14(18-12)11(17)9-6-5-8(16)7-10(9)15/h5-7,11H,17H2,1-4H3. The molecule has 1 aliphatic heterocycles. The van der Waals surface area contributed by atoms with Gasteiger partial charge < -0.3 is 15.0 Å². The van der Waals surface area contributed by atoms with Crippen LogP contribution in [0.2, 0.25) is 0 Å². The summed E-state index contributed by atoms with van der Waals surface area (Å²) in [7, 11) is -0.549. The summed E-state index contributed by atoms with van der Waals surface area (Å²) >= 11 is 3.32. The molecule has 1 atom stereocenters. The third-order valence-corrected chi connectivity index (χ3v) is 4.57. The summed E-state index contributed by atoms with van der Waals surface area (Å²) in [6.45, 7) is 7.89. The normalized spacial score (nSPS) is 22.6.